The first kappa shape index (κ1) is 120. The number of amides is 5. The van der Waals surface area contributed by atoms with Crippen LogP contribution in [0.15, 0.2) is 0 Å². The van der Waals surface area contributed by atoms with Gasteiger partial charge in [0.1, 0.15) is 220 Å². The molecule has 0 aromatic heterocycles. The average molecular weight is 2070 g/mol. The van der Waals surface area contributed by atoms with Crippen molar-refractivity contribution in [2.24, 2.45) is 11.1 Å². The number of hydrogen-bond acceptors (Lipinski definition) is 58. The lowest BCUT2D eigenvalue weighted by Gasteiger charge is -2.46. The first-order chi connectivity index (χ1) is 67.1. The van der Waals surface area contributed by atoms with Crippen LogP contribution >= 0.6 is 0 Å². The van der Waals surface area contributed by atoms with E-state index in [9.17, 15) is 177 Å². The van der Waals surface area contributed by atoms with Crippen molar-refractivity contribution in [1.82, 2.24) is 21.3 Å². The Morgan fingerprint density at radius 2 is 0.440 bits per heavy atom. The van der Waals surface area contributed by atoms with Crippen molar-refractivity contribution < 1.29 is 281 Å². The number of nitrogens with one attached hydrogen (secondary N) is 4. The Balaban J connectivity index is 0.855. The summed E-state index contributed by atoms with van der Waals surface area (Å²) in [4.78, 5) is 65.5. The number of aliphatic hydroxyl groups is 30. The molecule has 0 bridgehead atoms. The second-order valence-corrected chi connectivity index (χ2v) is 34.6. The lowest BCUT2D eigenvalue weighted by Crippen LogP contribution is -2.65. The highest BCUT2D eigenvalue weighted by atomic mass is 16.8. The predicted molar refractivity (Wildman–Crippen MR) is 440 cm³/mol. The van der Waals surface area contributed by atoms with Crippen LogP contribution in [0.3, 0.4) is 0 Å². The molecule has 0 radical (unpaired) electrons. The van der Waals surface area contributed by atoms with Crippen LogP contribution in [0.5, 0.6) is 0 Å². The number of hydrogen-bond donors (Lipinski definition) is 35. The Kier molecular flexibility index (Phi) is 49.3. The monoisotopic (exact) mass is 2070 g/mol. The summed E-state index contributed by atoms with van der Waals surface area (Å²) in [6, 6.07) is 0. The highest BCUT2D eigenvalue weighted by molar-refractivity contribution is 5.96. The van der Waals surface area contributed by atoms with E-state index in [0.717, 1.165) is 0 Å². The molecule has 45 atom stereocenters. The van der Waals surface area contributed by atoms with Gasteiger partial charge in [-0.1, -0.05) is 0 Å². The second kappa shape index (κ2) is 58.0. The molecule has 9 aliphatic heterocycles. The van der Waals surface area contributed by atoms with Gasteiger partial charge in [-0.3, -0.25) is 29.3 Å². The van der Waals surface area contributed by atoms with Gasteiger partial charge in [0.2, 0.25) is 29.5 Å². The minimum Gasteiger partial charge on any atom is -0.394 e. The van der Waals surface area contributed by atoms with Crippen LogP contribution in [0, 0.1) is 5.41 Å². The van der Waals surface area contributed by atoms with Crippen LogP contribution in [0.25, 0.3) is 0 Å². The molecular formula is C79H137N5O57. The number of carbonyl (C=O) groups excluding carboxylic acids is 5. The van der Waals surface area contributed by atoms with E-state index in [1.807, 2.05) is 5.32 Å². The van der Waals surface area contributed by atoms with Crippen LogP contribution < -0.4 is 27.0 Å². The fourth-order valence-corrected chi connectivity index (χ4v) is 15.9. The number of imide groups is 1. The van der Waals surface area contributed by atoms with Crippen LogP contribution in [-0.2, 0) is 128 Å². The Labute approximate surface area is 801 Å². The number of carbonyl (C=O) groups is 5. The average Bonchev–Trinajstić information content (AvgIpc) is 0.787. The molecule has 9 heterocycles. The van der Waals surface area contributed by atoms with Crippen molar-refractivity contribution in [3.63, 3.8) is 0 Å². The molecule has 0 aliphatic carbocycles. The molecule has 62 heteroatoms. The molecule has 9 fully saturated rings. The lowest BCUT2D eigenvalue weighted by atomic mass is 9.92. The summed E-state index contributed by atoms with van der Waals surface area (Å²) < 4.78 is 125. The molecule has 0 unspecified atom stereocenters. The van der Waals surface area contributed by atoms with E-state index >= 15 is 0 Å². The van der Waals surface area contributed by atoms with Crippen molar-refractivity contribution in [2.45, 2.75) is 302 Å². The van der Waals surface area contributed by atoms with Gasteiger partial charge in [-0.2, -0.15) is 0 Å². The fraction of sp³-hybridized carbons (Fsp3) is 0.937. The van der Waals surface area contributed by atoms with E-state index in [-0.39, 0.29) is 19.6 Å². The predicted octanol–water partition coefficient (Wildman–Crippen LogP) is -24.1. The number of ether oxygens (including phenoxy) is 22. The minimum absolute atomic E-state index is 0.388. The number of aliphatic hydroxyl groups excluding tert-OH is 30. The summed E-state index contributed by atoms with van der Waals surface area (Å²) >= 11 is 0. The van der Waals surface area contributed by atoms with Gasteiger partial charge in [0.15, 0.2) is 56.6 Å². The molecule has 0 aromatic rings. The zero-order chi connectivity index (χ0) is 104. The molecule has 9 rings (SSSR count). The maximum atomic E-state index is 13.6. The van der Waals surface area contributed by atoms with Gasteiger partial charge in [-0.25, -0.2) is 0 Å². The van der Waals surface area contributed by atoms with Gasteiger partial charge in [-0.15, -0.1) is 0 Å². The fourth-order valence-electron chi connectivity index (χ4n) is 15.9. The summed E-state index contributed by atoms with van der Waals surface area (Å²) in [5, 5.41) is 327. The quantitative estimate of drug-likeness (QED) is 0.0251. The maximum Gasteiger partial charge on any atom is 0.240 e. The van der Waals surface area contributed by atoms with Crippen LogP contribution in [0.2, 0.25) is 0 Å². The van der Waals surface area contributed by atoms with E-state index < -0.39 is 476 Å². The van der Waals surface area contributed by atoms with E-state index in [1.54, 1.807) is 0 Å². The standard InChI is InChI=1S/C79H137N5O57/c80-15-42(95)84-41(94)4-11-123-28-79(25-120-8-1-38(91)81-5-12-124-73-64(117)67(139-76-61(114)55(108)46(99)32(19-88)133-76)49(102)35(136-73)22-127-70-58(111)52(105)43(96)29(16-85)130-70,26-121-9-2-39(92)82-6-13-125-74-65(118)68(140-77-62(115)56(109)47(100)33(20-89)134-77)50(103)36(137-74)23-128-71-59(112)53(106)44(97)30(17-86)131-71)27-122-10-3-40(93)83-7-14-126-75-66(119)69(141-78-63(116)57(110)48(101)34(21-90)135-78)51(104)37(138-75)24-129-72-60(113)54(107)45(98)31(18-87)132-72/h29-37,43-78,85-90,96-119H,1-28,80H2,(H,81,91)(H,82,92)(H,83,93)(H,84,94,95)/t29-,30-,31-,32-,33-,34-,35-,36-,37-,43-,44-,45-,46-,47-,48-,49-,50-,51-,52+,53+,54+,55+,56+,57+,58+,59+,60+,61+,62+,63+,64+,65+,66+,67+,68+,69+,70+,71+,72+,73+,74+,75+,76-,77-,78-/m1/s1. The molecule has 141 heavy (non-hydrogen) atoms. The third-order valence-electron chi connectivity index (χ3n) is 24.3. The molecule has 62 nitrogen and oxygen atoms in total. The smallest absolute Gasteiger partial charge is 0.240 e. The van der Waals surface area contributed by atoms with Crippen molar-refractivity contribution in [3.05, 3.63) is 0 Å². The Morgan fingerprint density at radius 1 is 0.234 bits per heavy atom. The molecule has 0 aromatic carbocycles. The Bertz CT molecular complexity index is 3320. The molecule has 5 amide bonds. The first-order valence-electron chi connectivity index (χ1n) is 45.3. The van der Waals surface area contributed by atoms with Gasteiger partial charge in [0.05, 0.1) is 151 Å². The largest absolute Gasteiger partial charge is 0.394 e. The van der Waals surface area contributed by atoms with Gasteiger partial charge in [0.25, 0.3) is 0 Å². The lowest BCUT2D eigenvalue weighted by molar-refractivity contribution is -0.366. The van der Waals surface area contributed by atoms with Crippen molar-refractivity contribution in [3.8, 4) is 0 Å². The SMILES string of the molecule is NCC(=O)NC(=O)CCOCC(COCCC(=O)NCCO[C@H]1O[C@H](CO[C@H]2O[C@H](CO)[C@@H](O)[C@H](O)[C@@H]2O)[C@@H](O)[C@H](O[C@H]2O[C@H](CO)[C@@H](O)[C@H](O)[C@@H]2O)[C@@H]1O)(COCCC(=O)NCCO[C@H]1O[C@H](CO[C@H]2O[C@H](CO)[C@@H](O)[C@H](O)[C@@H]2O)[C@@H](O)[C@H](O[C@H]2O[C@H](CO)[C@@H](O)[C@H](O)[C@@H]2O)[C@@H]1O)COCCC(=O)NCCO[C@H]1O[C@H](CO[C@H]2O[C@H](CO)[C@@H](O)[C@H](O)[C@@H]2O)[C@@H](O)[C@H](O[C@H]2O[C@H](CO)[C@@H](O)[C@H](O)[C@@H]2O)[C@@H]1O. The molecule has 820 valence electrons. The van der Waals surface area contributed by atoms with Crippen LogP contribution in [-0.4, -0.2) is 617 Å². The van der Waals surface area contributed by atoms with E-state index in [4.69, 9.17) is 110 Å². The molecule has 0 saturated carbocycles. The Morgan fingerprint density at radius 3 is 0.667 bits per heavy atom. The third kappa shape index (κ3) is 32.2. The molecule has 36 N–H and O–H groups in total. The highest BCUT2D eigenvalue weighted by Gasteiger charge is 2.58. The van der Waals surface area contributed by atoms with Gasteiger partial charge in [-0.05, 0) is 0 Å². The first-order valence-corrected chi connectivity index (χ1v) is 45.3. The topological polar surface area (TPSA) is 969 Å². The summed E-state index contributed by atoms with van der Waals surface area (Å²) in [6.45, 7) is -14.8. The summed E-state index contributed by atoms with van der Waals surface area (Å²) in [6.07, 6.45) is -85.5. The summed E-state index contributed by atoms with van der Waals surface area (Å²) in [7, 11) is 0. The van der Waals surface area contributed by atoms with E-state index in [1.165, 1.54) is 0 Å². The zero-order valence-corrected chi connectivity index (χ0v) is 75.8. The zero-order valence-electron chi connectivity index (χ0n) is 75.8. The van der Waals surface area contributed by atoms with E-state index in [0.29, 0.717) is 0 Å². The molecular weight excluding hydrogens is 1930 g/mol. The number of nitrogens with two attached hydrogens (primary N) is 1. The van der Waals surface area contributed by atoms with Crippen LogP contribution in [0.4, 0.5) is 0 Å². The van der Waals surface area contributed by atoms with Crippen molar-refractivity contribution in [2.75, 3.05) is 158 Å². The summed E-state index contributed by atoms with van der Waals surface area (Å²) in [5.74, 6) is -3.88. The van der Waals surface area contributed by atoms with Crippen molar-refractivity contribution >= 4 is 29.5 Å². The van der Waals surface area contributed by atoms with Crippen molar-refractivity contribution in [1.29, 1.82) is 0 Å². The highest BCUT2D eigenvalue weighted by Crippen LogP contribution is 2.37. The molecule has 9 aliphatic rings. The number of rotatable bonds is 54. The van der Waals surface area contributed by atoms with E-state index in [2.05, 4.69) is 16.0 Å². The second-order valence-electron chi connectivity index (χ2n) is 34.6. The van der Waals surface area contributed by atoms with Crippen LogP contribution in [0.1, 0.15) is 25.7 Å². The normalized spacial score (nSPS) is 41.4. The minimum atomic E-state index is -2.07. The third-order valence-corrected chi connectivity index (χ3v) is 24.3. The van der Waals surface area contributed by atoms with Gasteiger partial charge >= 0.3 is 0 Å². The van der Waals surface area contributed by atoms with Gasteiger partial charge in [0, 0.05) is 38.9 Å². The van der Waals surface area contributed by atoms with Gasteiger partial charge < -0.3 is 279 Å². The summed E-state index contributed by atoms with van der Waals surface area (Å²) in [5.41, 5.74) is 3.80. The molecule has 0 spiro atoms. The Hall–Kier alpha value is -4.57. The maximum absolute atomic E-state index is 13.6. The molecule has 9 saturated heterocycles.